The first-order valence-electron chi connectivity index (χ1n) is 10.5. The van der Waals surface area contributed by atoms with E-state index in [4.69, 9.17) is 10.7 Å². The van der Waals surface area contributed by atoms with Gasteiger partial charge in [-0.3, -0.25) is 4.68 Å². The molecule has 6 heteroatoms. The van der Waals surface area contributed by atoms with Gasteiger partial charge in [-0.25, -0.2) is 9.97 Å². The third-order valence-corrected chi connectivity index (χ3v) is 5.44. The van der Waals surface area contributed by atoms with Crippen LogP contribution in [0.1, 0.15) is 77.5 Å². The summed E-state index contributed by atoms with van der Waals surface area (Å²) < 4.78 is 2.14. The molecule has 0 radical (unpaired) electrons. The highest BCUT2D eigenvalue weighted by Gasteiger charge is 2.20. The molecule has 1 aliphatic rings. The van der Waals surface area contributed by atoms with Crippen LogP contribution in [0.5, 0.6) is 0 Å². The van der Waals surface area contributed by atoms with E-state index in [0.717, 1.165) is 43.4 Å². The average Bonchev–Trinajstić information content (AvgIpc) is 3.08. The van der Waals surface area contributed by atoms with Crippen molar-refractivity contribution < 1.29 is 0 Å². The average molecular weight is 371 g/mol. The number of anilines is 1. The summed E-state index contributed by atoms with van der Waals surface area (Å²) in [6, 6.07) is 3.11. The highest BCUT2D eigenvalue weighted by molar-refractivity contribution is 5.62. The van der Waals surface area contributed by atoms with E-state index >= 15 is 0 Å². The molecule has 0 amide bonds. The molecule has 1 saturated carbocycles. The summed E-state index contributed by atoms with van der Waals surface area (Å²) in [7, 11) is 0. The van der Waals surface area contributed by atoms with Crippen LogP contribution >= 0.6 is 0 Å². The van der Waals surface area contributed by atoms with E-state index < -0.39 is 0 Å². The fraction of sp³-hybridized carbons (Fsp3) is 0.667. The van der Waals surface area contributed by atoms with Crippen molar-refractivity contribution >= 4 is 5.95 Å². The van der Waals surface area contributed by atoms with E-state index in [0.29, 0.717) is 24.1 Å². The Kier molecular flexibility index (Phi) is 6.83. The number of hydrogen-bond donors (Lipinski definition) is 2. The molecule has 6 nitrogen and oxygen atoms in total. The van der Waals surface area contributed by atoms with Crippen LogP contribution in [0.15, 0.2) is 18.5 Å². The minimum atomic E-state index is 0.348. The van der Waals surface area contributed by atoms with Crippen molar-refractivity contribution in [2.75, 3.05) is 5.32 Å². The molecule has 3 rings (SSSR count). The van der Waals surface area contributed by atoms with Crippen molar-refractivity contribution in [3.63, 3.8) is 0 Å². The minimum Gasteiger partial charge on any atom is -0.351 e. The van der Waals surface area contributed by atoms with Crippen LogP contribution in [0.25, 0.3) is 11.3 Å². The predicted molar refractivity (Wildman–Crippen MR) is 111 cm³/mol. The number of hydrogen-bond acceptors (Lipinski definition) is 5. The molecule has 0 aromatic carbocycles. The van der Waals surface area contributed by atoms with E-state index in [2.05, 4.69) is 40.9 Å². The van der Waals surface area contributed by atoms with Gasteiger partial charge in [0.2, 0.25) is 5.95 Å². The topological polar surface area (TPSA) is 81.7 Å². The van der Waals surface area contributed by atoms with Crippen molar-refractivity contribution in [3.8, 4) is 11.3 Å². The number of nitrogens with zero attached hydrogens (tertiary/aromatic N) is 4. The molecule has 3 N–H and O–H groups in total. The zero-order valence-electron chi connectivity index (χ0n) is 17.0. The summed E-state index contributed by atoms with van der Waals surface area (Å²) in [4.78, 5) is 9.26. The fourth-order valence-electron chi connectivity index (χ4n) is 3.86. The van der Waals surface area contributed by atoms with Crippen molar-refractivity contribution in [2.45, 2.75) is 90.3 Å². The lowest BCUT2D eigenvalue weighted by molar-refractivity contribution is 0.410. The molecule has 1 aliphatic carbocycles. The van der Waals surface area contributed by atoms with Crippen molar-refractivity contribution in [1.29, 1.82) is 0 Å². The lowest BCUT2D eigenvalue weighted by atomic mass is 9.92. The largest absolute Gasteiger partial charge is 0.351 e. The Morgan fingerprint density at radius 3 is 2.70 bits per heavy atom. The normalized spacial score (nSPS) is 20.2. The SMILES string of the molecule is CCCCCc1c(-c2ccnc(N[C@H]3CC[C@H](N)CC3)n2)cnn1C(C)C. The summed E-state index contributed by atoms with van der Waals surface area (Å²) in [5, 5.41) is 8.15. The van der Waals surface area contributed by atoms with E-state index in [-0.39, 0.29) is 0 Å². The summed E-state index contributed by atoms with van der Waals surface area (Å²) >= 11 is 0. The van der Waals surface area contributed by atoms with Gasteiger partial charge in [0.1, 0.15) is 0 Å². The zero-order chi connectivity index (χ0) is 19.2. The first-order chi connectivity index (χ1) is 13.1. The van der Waals surface area contributed by atoms with Crippen molar-refractivity contribution in [3.05, 3.63) is 24.2 Å². The highest BCUT2D eigenvalue weighted by Crippen LogP contribution is 2.27. The Morgan fingerprint density at radius 2 is 2.00 bits per heavy atom. The second kappa shape index (κ2) is 9.31. The molecule has 0 bridgehead atoms. The third-order valence-electron chi connectivity index (χ3n) is 5.44. The Labute approximate surface area is 163 Å². The predicted octanol–water partition coefficient (Wildman–Crippen LogP) is 4.34. The van der Waals surface area contributed by atoms with E-state index in [1.54, 1.807) is 0 Å². The number of nitrogens with one attached hydrogen (secondary N) is 1. The third kappa shape index (κ3) is 5.06. The molecular formula is C21H34N6. The number of unbranched alkanes of at least 4 members (excludes halogenated alkanes) is 2. The van der Waals surface area contributed by atoms with Gasteiger partial charge >= 0.3 is 0 Å². The molecule has 0 unspecified atom stereocenters. The summed E-state index contributed by atoms with van der Waals surface area (Å²) in [5.41, 5.74) is 9.39. The maximum atomic E-state index is 6.02. The molecular weight excluding hydrogens is 336 g/mol. The monoisotopic (exact) mass is 370 g/mol. The lowest BCUT2D eigenvalue weighted by Gasteiger charge is -2.26. The van der Waals surface area contributed by atoms with E-state index in [9.17, 15) is 0 Å². The van der Waals surface area contributed by atoms with Crippen LogP contribution in [-0.4, -0.2) is 31.8 Å². The summed E-state index contributed by atoms with van der Waals surface area (Å²) in [6.07, 6.45) is 12.8. The minimum absolute atomic E-state index is 0.348. The number of nitrogens with two attached hydrogens (primary N) is 1. The van der Waals surface area contributed by atoms with Gasteiger partial charge in [0.25, 0.3) is 0 Å². The molecule has 0 aliphatic heterocycles. The van der Waals surface area contributed by atoms with Gasteiger partial charge in [-0.05, 0) is 58.4 Å². The first-order valence-corrected chi connectivity index (χ1v) is 10.5. The Balaban J connectivity index is 1.79. The number of aromatic nitrogens is 4. The second-order valence-electron chi connectivity index (χ2n) is 8.02. The highest BCUT2D eigenvalue weighted by atomic mass is 15.3. The van der Waals surface area contributed by atoms with Gasteiger partial charge in [-0.1, -0.05) is 19.8 Å². The van der Waals surface area contributed by atoms with Gasteiger partial charge in [-0.15, -0.1) is 0 Å². The standard InChI is InChI=1S/C21H34N6/c1-4-5-6-7-20-18(14-24-27(20)15(2)3)19-12-13-23-21(26-19)25-17-10-8-16(22)9-11-17/h12-17H,4-11,22H2,1-3H3,(H,23,25,26)/t16-,17-. The van der Waals surface area contributed by atoms with Crippen molar-refractivity contribution in [2.24, 2.45) is 5.73 Å². The van der Waals surface area contributed by atoms with Crippen LogP contribution in [0.4, 0.5) is 5.95 Å². The Morgan fingerprint density at radius 1 is 1.22 bits per heavy atom. The smallest absolute Gasteiger partial charge is 0.223 e. The molecule has 2 aromatic heterocycles. The molecule has 1 fully saturated rings. The molecule has 2 aromatic rings. The Hall–Kier alpha value is -1.95. The number of rotatable bonds is 8. The summed E-state index contributed by atoms with van der Waals surface area (Å²) in [5.74, 6) is 0.713. The molecule has 148 valence electrons. The zero-order valence-corrected chi connectivity index (χ0v) is 17.0. The van der Waals surface area contributed by atoms with Gasteiger partial charge in [0.05, 0.1) is 11.9 Å². The molecule has 0 spiro atoms. The van der Waals surface area contributed by atoms with Gasteiger partial charge in [0.15, 0.2) is 0 Å². The molecule has 0 atom stereocenters. The van der Waals surface area contributed by atoms with Gasteiger partial charge in [0, 0.05) is 35.6 Å². The quantitative estimate of drug-likeness (QED) is 0.676. The van der Waals surface area contributed by atoms with E-state index in [1.807, 2.05) is 18.5 Å². The maximum absolute atomic E-state index is 6.02. The van der Waals surface area contributed by atoms with Crippen LogP contribution in [-0.2, 0) is 6.42 Å². The van der Waals surface area contributed by atoms with Crippen molar-refractivity contribution in [1.82, 2.24) is 19.7 Å². The lowest BCUT2D eigenvalue weighted by Crippen LogP contribution is -2.33. The molecule has 27 heavy (non-hydrogen) atoms. The second-order valence-corrected chi connectivity index (χ2v) is 8.02. The van der Waals surface area contributed by atoms with Gasteiger partial charge in [-0.2, -0.15) is 5.10 Å². The molecule has 2 heterocycles. The van der Waals surface area contributed by atoms with Gasteiger partial charge < -0.3 is 11.1 Å². The Bertz CT molecular complexity index is 715. The van der Waals surface area contributed by atoms with Crippen LogP contribution in [0.3, 0.4) is 0 Å². The molecule has 0 saturated heterocycles. The van der Waals surface area contributed by atoms with Crippen LogP contribution in [0.2, 0.25) is 0 Å². The fourth-order valence-corrected chi connectivity index (χ4v) is 3.86. The maximum Gasteiger partial charge on any atom is 0.223 e. The first kappa shape index (κ1) is 19.8. The summed E-state index contributed by atoms with van der Waals surface area (Å²) in [6.45, 7) is 6.60. The van der Waals surface area contributed by atoms with Crippen LogP contribution in [0, 0.1) is 0 Å². The van der Waals surface area contributed by atoms with Crippen LogP contribution < -0.4 is 11.1 Å². The van der Waals surface area contributed by atoms with E-state index in [1.165, 1.54) is 25.0 Å².